The number of nitrogens with zero attached hydrogens (tertiary/aromatic N) is 5. The Labute approximate surface area is 213 Å². The lowest BCUT2D eigenvalue weighted by atomic mass is 9.67. The largest absolute Gasteiger partial charge is 0.468 e. The summed E-state index contributed by atoms with van der Waals surface area (Å²) in [7, 11) is 1.30. The number of nitro groups is 1. The summed E-state index contributed by atoms with van der Waals surface area (Å²) in [5.74, 6) is -0.471. The number of hydrogen-bond acceptors (Lipinski definition) is 8. The summed E-state index contributed by atoms with van der Waals surface area (Å²) in [5.41, 5.74) is 0.297. The van der Waals surface area contributed by atoms with Crippen molar-refractivity contribution in [3.05, 3.63) is 56.5 Å². The van der Waals surface area contributed by atoms with Crippen LogP contribution in [0.15, 0.2) is 24.3 Å². The number of anilines is 1. The minimum Gasteiger partial charge on any atom is -0.468 e. The number of methoxy groups -OCH3 is 1. The van der Waals surface area contributed by atoms with Crippen LogP contribution in [-0.2, 0) is 27.8 Å². The zero-order valence-corrected chi connectivity index (χ0v) is 21.1. The van der Waals surface area contributed by atoms with Gasteiger partial charge in [0.05, 0.1) is 17.4 Å². The summed E-state index contributed by atoms with van der Waals surface area (Å²) >= 11 is 6.29. The summed E-state index contributed by atoms with van der Waals surface area (Å²) in [6.07, 6.45) is 0.797. The van der Waals surface area contributed by atoms with Gasteiger partial charge in [-0.1, -0.05) is 24.3 Å². The highest BCUT2D eigenvalue weighted by molar-refractivity contribution is 6.28. The maximum atomic E-state index is 13.3. The summed E-state index contributed by atoms with van der Waals surface area (Å²) in [6, 6.07) is 6.70. The van der Waals surface area contributed by atoms with Crippen LogP contribution in [0.1, 0.15) is 43.5 Å². The van der Waals surface area contributed by atoms with Gasteiger partial charge in [-0.05, 0) is 55.8 Å². The molecule has 0 bridgehead atoms. The summed E-state index contributed by atoms with van der Waals surface area (Å²) < 4.78 is 5.21. The molecule has 0 radical (unpaired) electrons. The molecule has 4 rings (SSSR count). The van der Waals surface area contributed by atoms with Gasteiger partial charge in [0.15, 0.2) is 0 Å². The molecule has 36 heavy (non-hydrogen) atoms. The summed E-state index contributed by atoms with van der Waals surface area (Å²) in [6.45, 7) is 3.83. The maximum Gasteiger partial charge on any atom is 0.407 e. The number of carboxylic acid groups (broad SMARTS) is 1. The number of hydrogen-bond donors (Lipinski definition) is 1. The number of esters is 1. The van der Waals surface area contributed by atoms with Crippen molar-refractivity contribution in [1.82, 2.24) is 14.9 Å². The van der Waals surface area contributed by atoms with E-state index in [1.807, 2.05) is 24.3 Å². The van der Waals surface area contributed by atoms with Gasteiger partial charge in [0, 0.05) is 31.6 Å². The lowest BCUT2D eigenvalue weighted by Gasteiger charge is -2.43. The van der Waals surface area contributed by atoms with Crippen LogP contribution in [0.2, 0.25) is 5.28 Å². The molecule has 1 aliphatic heterocycles. The molecule has 2 heterocycles. The van der Waals surface area contributed by atoms with E-state index in [9.17, 15) is 24.8 Å². The number of rotatable bonds is 5. The number of aromatic nitrogens is 2. The van der Waals surface area contributed by atoms with E-state index in [-0.39, 0.29) is 42.0 Å². The Morgan fingerprint density at radius 1 is 1.25 bits per heavy atom. The third kappa shape index (κ3) is 4.43. The molecule has 12 heteroatoms. The number of carbonyl (C=O) groups is 2. The number of benzene rings is 1. The Bertz CT molecular complexity index is 1210. The predicted molar refractivity (Wildman–Crippen MR) is 131 cm³/mol. The molecule has 1 aromatic heterocycles. The second-order valence-corrected chi connectivity index (χ2v) is 9.75. The summed E-state index contributed by atoms with van der Waals surface area (Å²) in [5, 5.41) is 21.7. The van der Waals surface area contributed by atoms with Crippen molar-refractivity contribution in [3.63, 3.8) is 0 Å². The monoisotopic (exact) mass is 517 g/mol. The normalized spacial score (nSPS) is 23.7. The minimum atomic E-state index is -1.16. The first-order valence-corrected chi connectivity index (χ1v) is 12.1. The van der Waals surface area contributed by atoms with Crippen molar-refractivity contribution in [2.75, 3.05) is 25.1 Å². The molecule has 192 valence electrons. The topological polar surface area (TPSA) is 139 Å². The predicted octanol–water partition coefficient (Wildman–Crippen LogP) is 3.61. The second kappa shape index (κ2) is 9.88. The molecule has 1 amide bonds. The molecule has 3 atom stereocenters. The maximum absolute atomic E-state index is 13.3. The first kappa shape index (κ1) is 25.6. The zero-order valence-electron chi connectivity index (χ0n) is 20.3. The highest BCUT2D eigenvalue weighted by atomic mass is 35.5. The van der Waals surface area contributed by atoms with E-state index in [0.717, 1.165) is 17.5 Å². The van der Waals surface area contributed by atoms with Crippen LogP contribution in [0, 0.1) is 10.1 Å². The molecule has 2 aromatic rings. The molecular weight excluding hydrogens is 490 g/mol. The molecule has 1 saturated heterocycles. The van der Waals surface area contributed by atoms with Crippen molar-refractivity contribution < 1.29 is 24.4 Å². The second-order valence-electron chi connectivity index (χ2n) is 9.42. The number of aryl methyl sites for hydroxylation is 1. The van der Waals surface area contributed by atoms with Crippen molar-refractivity contribution >= 4 is 35.2 Å². The van der Waals surface area contributed by atoms with Gasteiger partial charge in [-0.2, -0.15) is 4.98 Å². The Hall–Kier alpha value is -3.47. The van der Waals surface area contributed by atoms with Crippen molar-refractivity contribution in [2.24, 2.45) is 0 Å². The molecule has 1 unspecified atom stereocenters. The lowest BCUT2D eigenvalue weighted by Crippen LogP contribution is -2.58. The van der Waals surface area contributed by atoms with Gasteiger partial charge in [0.2, 0.25) is 11.1 Å². The number of halogens is 1. The molecule has 2 aliphatic rings. The Kier molecular flexibility index (Phi) is 7.03. The highest BCUT2D eigenvalue weighted by Gasteiger charge is 2.47. The summed E-state index contributed by atoms with van der Waals surface area (Å²) in [4.78, 5) is 48.2. The SMILES string of the molecule is COC(=O)C1(Cc2nc(Cl)nc(N3C[C@@H](C)N(C(=O)O)C[C@@H]3C)c2[N+](=O)[O-])CCCc2ccccc21. The third-order valence-electron chi connectivity index (χ3n) is 7.22. The van der Waals surface area contributed by atoms with E-state index in [1.165, 1.54) is 12.0 Å². The lowest BCUT2D eigenvalue weighted by molar-refractivity contribution is -0.385. The van der Waals surface area contributed by atoms with Crippen molar-refractivity contribution in [3.8, 4) is 0 Å². The van der Waals surface area contributed by atoms with Crippen LogP contribution in [0.5, 0.6) is 0 Å². The van der Waals surface area contributed by atoms with Crippen LogP contribution in [0.3, 0.4) is 0 Å². The average molecular weight is 518 g/mol. The Morgan fingerprint density at radius 2 is 1.97 bits per heavy atom. The van der Waals surface area contributed by atoms with Crippen molar-refractivity contribution in [2.45, 2.75) is 57.0 Å². The fourth-order valence-corrected chi connectivity index (χ4v) is 5.71. The average Bonchev–Trinajstić information content (AvgIpc) is 2.84. The van der Waals surface area contributed by atoms with E-state index < -0.39 is 34.5 Å². The zero-order chi connectivity index (χ0) is 26.2. The molecule has 1 aliphatic carbocycles. The van der Waals surface area contributed by atoms with Crippen LogP contribution in [0.25, 0.3) is 0 Å². The molecule has 1 aromatic carbocycles. The fourth-order valence-electron chi connectivity index (χ4n) is 5.53. The van der Waals surface area contributed by atoms with Gasteiger partial charge < -0.3 is 19.6 Å². The molecule has 1 N–H and O–H groups in total. The van der Waals surface area contributed by atoms with Crippen LogP contribution >= 0.6 is 11.6 Å². The first-order chi connectivity index (χ1) is 17.1. The van der Waals surface area contributed by atoms with Gasteiger partial charge in [-0.25, -0.2) is 9.78 Å². The van der Waals surface area contributed by atoms with E-state index >= 15 is 0 Å². The number of fused-ring (bicyclic) bond motifs is 1. The molecular formula is C24H28ClN5O6. The Balaban J connectivity index is 1.84. The van der Waals surface area contributed by atoms with Crippen LogP contribution < -0.4 is 4.90 Å². The third-order valence-corrected chi connectivity index (χ3v) is 7.39. The molecule has 0 spiro atoms. The van der Waals surface area contributed by atoms with Crippen molar-refractivity contribution in [1.29, 1.82) is 0 Å². The van der Waals surface area contributed by atoms with Crippen LogP contribution in [0.4, 0.5) is 16.3 Å². The fraction of sp³-hybridized carbons (Fsp3) is 0.500. The number of piperazine rings is 1. The molecule has 1 fully saturated rings. The van der Waals surface area contributed by atoms with E-state index in [1.54, 1.807) is 18.7 Å². The van der Waals surface area contributed by atoms with Gasteiger partial charge in [0.1, 0.15) is 5.69 Å². The Morgan fingerprint density at radius 3 is 2.64 bits per heavy atom. The van der Waals surface area contributed by atoms with Gasteiger partial charge in [-0.15, -0.1) is 0 Å². The van der Waals surface area contributed by atoms with Gasteiger partial charge in [-0.3, -0.25) is 14.9 Å². The molecule has 0 saturated carbocycles. The standard InChI is InChI=1S/C24H28ClN5O6/c1-14-13-29(23(32)33)15(2)12-28(14)20-19(30(34)35)18(26-22(25)27-20)11-24(21(31)36-3)10-6-8-16-7-4-5-9-17(16)24/h4-5,7,9,14-15H,6,8,10-13H2,1-3H3,(H,32,33)/t14-,15+,24?/m0/s1. The van der Waals surface area contributed by atoms with E-state index in [0.29, 0.717) is 12.8 Å². The number of carbonyl (C=O) groups excluding carboxylic acids is 1. The minimum absolute atomic E-state index is 0.0171. The van der Waals surface area contributed by atoms with E-state index in [2.05, 4.69) is 9.97 Å². The highest BCUT2D eigenvalue weighted by Crippen LogP contribution is 2.44. The molecule has 11 nitrogen and oxygen atoms in total. The first-order valence-electron chi connectivity index (χ1n) is 11.7. The number of ether oxygens (including phenoxy) is 1. The van der Waals surface area contributed by atoms with Gasteiger partial charge in [0.25, 0.3) is 0 Å². The van der Waals surface area contributed by atoms with E-state index in [4.69, 9.17) is 16.3 Å². The number of amides is 1. The van der Waals surface area contributed by atoms with Gasteiger partial charge >= 0.3 is 17.7 Å². The van der Waals surface area contributed by atoms with Crippen LogP contribution in [-0.4, -0.2) is 69.2 Å². The quantitative estimate of drug-likeness (QED) is 0.272. The smallest absolute Gasteiger partial charge is 0.407 e.